The lowest BCUT2D eigenvalue weighted by Gasteiger charge is -2.20. The van der Waals surface area contributed by atoms with Crippen LogP contribution in [0.1, 0.15) is 12.8 Å². The molecular weight excluding hydrogens is 102 g/mol. The molecule has 2 heteroatoms. The van der Waals surface area contributed by atoms with Gasteiger partial charge in [-0.25, -0.2) is 0 Å². The average Bonchev–Trinajstić information content (AvgIpc) is 1.77. The van der Waals surface area contributed by atoms with Gasteiger partial charge in [0.1, 0.15) is 0 Å². The van der Waals surface area contributed by atoms with Crippen molar-refractivity contribution in [2.24, 2.45) is 0 Å². The monoisotopic (exact) mass is 113 g/mol. The smallest absolute Gasteiger partial charge is 0.0929 e. The van der Waals surface area contributed by atoms with Crippen LogP contribution in [0.5, 0.6) is 0 Å². The van der Waals surface area contributed by atoms with Gasteiger partial charge in [0.05, 0.1) is 6.10 Å². The number of aliphatic hydroxyl groups excluding tert-OH is 1. The van der Waals surface area contributed by atoms with E-state index < -0.39 is 0 Å². The normalized spacial score (nSPS) is 29.6. The van der Waals surface area contributed by atoms with E-state index >= 15 is 0 Å². The van der Waals surface area contributed by atoms with Crippen LogP contribution >= 0.6 is 0 Å². The Labute approximate surface area is 49.2 Å². The summed E-state index contributed by atoms with van der Waals surface area (Å²) < 4.78 is 0. The molecular formula is C6H11NO. The Kier molecular flexibility index (Phi) is 1.53. The van der Waals surface area contributed by atoms with Gasteiger partial charge in [0.2, 0.25) is 0 Å². The second-order valence-corrected chi connectivity index (χ2v) is 2.11. The molecule has 1 saturated heterocycles. The molecule has 8 heavy (non-hydrogen) atoms. The molecule has 0 aromatic heterocycles. The first-order chi connectivity index (χ1) is 3.80. The first-order valence-electron chi connectivity index (χ1n) is 2.91. The molecule has 1 aliphatic heterocycles. The van der Waals surface area contributed by atoms with Crippen LogP contribution in [0.3, 0.4) is 0 Å². The lowest BCUT2D eigenvalue weighted by molar-refractivity contribution is 0.176. The quantitative estimate of drug-likeness (QED) is 0.472. The summed E-state index contributed by atoms with van der Waals surface area (Å²) in [6, 6.07) is 0. The van der Waals surface area contributed by atoms with Gasteiger partial charge in [-0.3, -0.25) is 0 Å². The average molecular weight is 113 g/mol. The summed E-state index contributed by atoms with van der Waals surface area (Å²) in [5, 5.41) is 12.0. The van der Waals surface area contributed by atoms with E-state index in [0.29, 0.717) is 0 Å². The first-order valence-corrected chi connectivity index (χ1v) is 2.91. The van der Waals surface area contributed by atoms with E-state index in [4.69, 9.17) is 5.11 Å². The van der Waals surface area contributed by atoms with Crippen molar-refractivity contribution in [2.75, 3.05) is 6.54 Å². The van der Waals surface area contributed by atoms with E-state index in [1.54, 1.807) is 0 Å². The Morgan fingerprint density at radius 3 is 2.88 bits per heavy atom. The molecule has 0 aliphatic carbocycles. The fraction of sp³-hybridized carbons (Fsp3) is 0.667. The van der Waals surface area contributed by atoms with Crippen molar-refractivity contribution in [2.45, 2.75) is 18.9 Å². The second-order valence-electron chi connectivity index (χ2n) is 2.11. The van der Waals surface area contributed by atoms with E-state index in [2.05, 4.69) is 11.9 Å². The van der Waals surface area contributed by atoms with Gasteiger partial charge in [0.25, 0.3) is 0 Å². The number of aliphatic hydroxyl groups is 1. The van der Waals surface area contributed by atoms with Crippen molar-refractivity contribution in [3.05, 3.63) is 12.3 Å². The summed E-state index contributed by atoms with van der Waals surface area (Å²) in [5.41, 5.74) is 0.774. The van der Waals surface area contributed by atoms with Gasteiger partial charge in [-0.2, -0.15) is 0 Å². The Morgan fingerprint density at radius 1 is 1.75 bits per heavy atom. The van der Waals surface area contributed by atoms with Crippen molar-refractivity contribution in [3.8, 4) is 0 Å². The minimum atomic E-state index is -0.302. The highest BCUT2D eigenvalue weighted by Crippen LogP contribution is 2.08. The Hall–Kier alpha value is -0.500. The third-order valence-electron chi connectivity index (χ3n) is 1.41. The van der Waals surface area contributed by atoms with Crippen molar-refractivity contribution in [1.29, 1.82) is 0 Å². The summed E-state index contributed by atoms with van der Waals surface area (Å²) in [6.07, 6.45) is 1.62. The highest BCUT2D eigenvalue weighted by molar-refractivity contribution is 5.01. The number of nitrogens with one attached hydrogen (secondary N) is 1. The zero-order valence-corrected chi connectivity index (χ0v) is 4.85. The van der Waals surface area contributed by atoms with Crippen molar-refractivity contribution in [3.63, 3.8) is 0 Å². The zero-order valence-electron chi connectivity index (χ0n) is 4.85. The summed E-state index contributed by atoms with van der Waals surface area (Å²) >= 11 is 0. The lowest BCUT2D eigenvalue weighted by Crippen LogP contribution is -2.30. The predicted octanol–water partition coefficient (Wildman–Crippen LogP) is 0.244. The molecule has 0 aromatic carbocycles. The van der Waals surface area contributed by atoms with E-state index in [-0.39, 0.29) is 6.10 Å². The minimum absolute atomic E-state index is 0.302. The fourth-order valence-corrected chi connectivity index (χ4v) is 0.836. The molecule has 0 aromatic rings. The van der Waals surface area contributed by atoms with Crippen LogP contribution in [0.2, 0.25) is 0 Å². The van der Waals surface area contributed by atoms with Crippen LogP contribution in [-0.2, 0) is 0 Å². The molecule has 0 spiro atoms. The molecule has 2 N–H and O–H groups in total. The van der Waals surface area contributed by atoms with Gasteiger partial charge in [0.15, 0.2) is 0 Å². The van der Waals surface area contributed by atoms with Gasteiger partial charge < -0.3 is 10.4 Å². The molecule has 1 heterocycles. The highest BCUT2D eigenvalue weighted by atomic mass is 16.3. The Morgan fingerprint density at radius 2 is 2.50 bits per heavy atom. The van der Waals surface area contributed by atoms with Crippen molar-refractivity contribution in [1.82, 2.24) is 5.32 Å². The van der Waals surface area contributed by atoms with Gasteiger partial charge in [-0.15, -0.1) is 0 Å². The second kappa shape index (κ2) is 2.18. The first kappa shape index (κ1) is 5.63. The van der Waals surface area contributed by atoms with E-state index in [1.807, 2.05) is 0 Å². The molecule has 1 aliphatic rings. The van der Waals surface area contributed by atoms with E-state index in [9.17, 15) is 0 Å². The minimum Gasteiger partial charge on any atom is -0.387 e. The molecule has 0 radical (unpaired) electrons. The fourth-order valence-electron chi connectivity index (χ4n) is 0.836. The van der Waals surface area contributed by atoms with Crippen LogP contribution < -0.4 is 5.32 Å². The van der Waals surface area contributed by atoms with Gasteiger partial charge in [-0.1, -0.05) is 6.58 Å². The molecule has 1 fully saturated rings. The summed E-state index contributed by atoms with van der Waals surface area (Å²) in [5.74, 6) is 0. The topological polar surface area (TPSA) is 32.3 Å². The maximum Gasteiger partial charge on any atom is 0.0929 e. The third-order valence-corrected chi connectivity index (χ3v) is 1.41. The summed E-state index contributed by atoms with van der Waals surface area (Å²) in [4.78, 5) is 0. The SMILES string of the molecule is C=C1NCCCC1O. The molecule has 1 unspecified atom stereocenters. The number of rotatable bonds is 0. The maximum absolute atomic E-state index is 9.02. The number of hydrogen-bond acceptors (Lipinski definition) is 2. The Bertz CT molecular complexity index is 101. The molecule has 0 bridgehead atoms. The predicted molar refractivity (Wildman–Crippen MR) is 32.4 cm³/mol. The van der Waals surface area contributed by atoms with E-state index in [1.165, 1.54) is 0 Å². The van der Waals surface area contributed by atoms with Gasteiger partial charge in [0, 0.05) is 12.2 Å². The molecule has 2 nitrogen and oxygen atoms in total. The Balaban J connectivity index is 2.39. The van der Waals surface area contributed by atoms with Crippen LogP contribution in [0.4, 0.5) is 0 Å². The zero-order chi connectivity index (χ0) is 5.98. The largest absolute Gasteiger partial charge is 0.387 e. The van der Waals surface area contributed by atoms with Crippen molar-refractivity contribution >= 4 is 0 Å². The van der Waals surface area contributed by atoms with Gasteiger partial charge in [-0.05, 0) is 12.8 Å². The third kappa shape index (κ3) is 1.01. The van der Waals surface area contributed by atoms with Crippen molar-refractivity contribution < 1.29 is 5.11 Å². The van der Waals surface area contributed by atoms with E-state index in [0.717, 1.165) is 25.1 Å². The number of hydrogen-bond donors (Lipinski definition) is 2. The molecule has 46 valence electrons. The van der Waals surface area contributed by atoms with Gasteiger partial charge >= 0.3 is 0 Å². The van der Waals surface area contributed by atoms with Crippen LogP contribution in [0.25, 0.3) is 0 Å². The summed E-state index contributed by atoms with van der Waals surface area (Å²) in [7, 11) is 0. The highest BCUT2D eigenvalue weighted by Gasteiger charge is 2.11. The molecule has 1 rings (SSSR count). The van der Waals surface area contributed by atoms with Crippen LogP contribution in [0, 0.1) is 0 Å². The molecule has 0 saturated carbocycles. The number of piperidine rings is 1. The lowest BCUT2D eigenvalue weighted by atomic mass is 10.1. The standard InChI is InChI=1S/C6H11NO/c1-5-6(8)3-2-4-7-5/h6-8H,1-4H2. The molecule has 0 amide bonds. The maximum atomic E-state index is 9.02. The van der Waals surface area contributed by atoms with Crippen LogP contribution in [-0.4, -0.2) is 17.8 Å². The van der Waals surface area contributed by atoms with Crippen LogP contribution in [0.15, 0.2) is 12.3 Å². The summed E-state index contributed by atoms with van der Waals surface area (Å²) in [6.45, 7) is 4.60. The molecule has 1 atom stereocenters.